The van der Waals surface area contributed by atoms with Crippen LogP contribution in [0.4, 0.5) is 0 Å². The highest BCUT2D eigenvalue weighted by Crippen LogP contribution is 2.30. The van der Waals surface area contributed by atoms with Gasteiger partial charge in [0.05, 0.1) is 6.61 Å². The van der Waals surface area contributed by atoms with E-state index >= 15 is 0 Å². The first kappa shape index (κ1) is 15.5. The van der Waals surface area contributed by atoms with Crippen LogP contribution in [0.3, 0.4) is 0 Å². The predicted molar refractivity (Wildman–Crippen MR) is 83.8 cm³/mol. The van der Waals surface area contributed by atoms with E-state index < -0.39 is 0 Å². The van der Waals surface area contributed by atoms with Crippen LogP contribution >= 0.6 is 0 Å². The second kappa shape index (κ2) is 7.77. The highest BCUT2D eigenvalue weighted by atomic mass is 16.5. The lowest BCUT2D eigenvalue weighted by atomic mass is 9.96. The van der Waals surface area contributed by atoms with Gasteiger partial charge in [0.15, 0.2) is 0 Å². The van der Waals surface area contributed by atoms with Gasteiger partial charge in [0.1, 0.15) is 0 Å². The van der Waals surface area contributed by atoms with Gasteiger partial charge in [-0.25, -0.2) is 0 Å². The molecule has 0 fully saturated rings. The lowest BCUT2D eigenvalue weighted by Gasteiger charge is -2.34. The van der Waals surface area contributed by atoms with Crippen LogP contribution in [-0.2, 0) is 11.2 Å². The van der Waals surface area contributed by atoms with E-state index in [1.54, 1.807) is 0 Å². The van der Waals surface area contributed by atoms with Crippen molar-refractivity contribution in [2.24, 2.45) is 5.73 Å². The summed E-state index contributed by atoms with van der Waals surface area (Å²) in [5.41, 5.74) is 9.36. The molecule has 2 atom stereocenters. The van der Waals surface area contributed by atoms with Crippen LogP contribution in [-0.4, -0.2) is 37.2 Å². The average molecular weight is 276 g/mol. The summed E-state index contributed by atoms with van der Waals surface area (Å²) in [6.45, 7) is 7.87. The van der Waals surface area contributed by atoms with Gasteiger partial charge in [-0.1, -0.05) is 31.2 Å². The van der Waals surface area contributed by atoms with Crippen molar-refractivity contribution in [2.75, 3.05) is 26.3 Å². The Balaban J connectivity index is 2.10. The maximum atomic E-state index is 6.59. The Morgan fingerprint density at radius 2 is 2.10 bits per heavy atom. The highest BCUT2D eigenvalue weighted by molar-refractivity contribution is 5.32. The van der Waals surface area contributed by atoms with Crippen LogP contribution < -0.4 is 5.73 Å². The molecule has 112 valence electrons. The molecular formula is C17H28N2O. The molecule has 2 unspecified atom stereocenters. The molecule has 0 saturated heterocycles. The minimum atomic E-state index is 0.121. The van der Waals surface area contributed by atoms with E-state index in [-0.39, 0.29) is 6.04 Å². The Kier molecular flexibility index (Phi) is 6.02. The zero-order valence-electron chi connectivity index (χ0n) is 12.8. The van der Waals surface area contributed by atoms with Gasteiger partial charge < -0.3 is 10.5 Å². The van der Waals surface area contributed by atoms with Gasteiger partial charge in [-0.3, -0.25) is 4.90 Å². The molecule has 3 heteroatoms. The first-order chi connectivity index (χ1) is 9.77. The summed E-state index contributed by atoms with van der Waals surface area (Å²) in [6, 6.07) is 9.22. The monoisotopic (exact) mass is 276 g/mol. The molecule has 20 heavy (non-hydrogen) atoms. The molecule has 0 spiro atoms. The van der Waals surface area contributed by atoms with Crippen LogP contribution in [0.1, 0.15) is 43.9 Å². The zero-order chi connectivity index (χ0) is 14.4. The Morgan fingerprint density at radius 3 is 2.85 bits per heavy atom. The summed E-state index contributed by atoms with van der Waals surface area (Å²) in [7, 11) is 0. The molecule has 0 aliphatic heterocycles. The van der Waals surface area contributed by atoms with Gasteiger partial charge in [0, 0.05) is 25.2 Å². The molecule has 1 aliphatic carbocycles. The smallest absolute Gasteiger partial charge is 0.0593 e. The molecule has 2 rings (SSSR count). The molecule has 0 heterocycles. The maximum absolute atomic E-state index is 6.59. The molecule has 1 aliphatic rings. The van der Waals surface area contributed by atoms with Gasteiger partial charge in [-0.15, -0.1) is 0 Å². The number of benzene rings is 1. The summed E-state index contributed by atoms with van der Waals surface area (Å²) in [4.78, 5) is 2.49. The van der Waals surface area contributed by atoms with Crippen molar-refractivity contribution in [3.8, 4) is 0 Å². The number of aryl methyl sites for hydroxylation is 1. The number of nitrogens with zero attached hydrogens (tertiary/aromatic N) is 1. The Labute approximate surface area is 123 Å². The second-order valence-electron chi connectivity index (χ2n) is 5.51. The van der Waals surface area contributed by atoms with E-state index in [0.29, 0.717) is 6.04 Å². The van der Waals surface area contributed by atoms with Gasteiger partial charge in [-0.2, -0.15) is 0 Å². The number of ether oxygens (including phenoxy) is 1. The van der Waals surface area contributed by atoms with E-state index in [4.69, 9.17) is 10.5 Å². The molecule has 1 aromatic carbocycles. The third-order valence-corrected chi connectivity index (χ3v) is 4.38. The van der Waals surface area contributed by atoms with E-state index in [1.165, 1.54) is 24.0 Å². The van der Waals surface area contributed by atoms with Crippen molar-refractivity contribution in [2.45, 2.75) is 45.2 Å². The molecule has 0 amide bonds. The minimum absolute atomic E-state index is 0.121. The molecule has 0 aromatic heterocycles. The third kappa shape index (κ3) is 3.60. The van der Waals surface area contributed by atoms with Crippen molar-refractivity contribution in [3.63, 3.8) is 0 Å². The quantitative estimate of drug-likeness (QED) is 0.641. The summed E-state index contributed by atoms with van der Waals surface area (Å²) >= 11 is 0. The average Bonchev–Trinajstić information content (AvgIpc) is 2.64. The SMILES string of the molecule is CCOCCN(CC)C1CCCc2ccccc2C1N. The Bertz CT molecular complexity index is 408. The first-order valence-electron chi connectivity index (χ1n) is 7.93. The lowest BCUT2D eigenvalue weighted by molar-refractivity contribution is 0.0869. The van der Waals surface area contributed by atoms with Crippen LogP contribution in [0.2, 0.25) is 0 Å². The fourth-order valence-electron chi connectivity index (χ4n) is 3.27. The first-order valence-corrected chi connectivity index (χ1v) is 7.93. The molecular weight excluding hydrogens is 248 g/mol. The second-order valence-corrected chi connectivity index (χ2v) is 5.51. The zero-order valence-corrected chi connectivity index (χ0v) is 12.8. The van der Waals surface area contributed by atoms with Crippen molar-refractivity contribution in [1.82, 2.24) is 4.90 Å². The topological polar surface area (TPSA) is 38.5 Å². The number of nitrogens with two attached hydrogens (primary N) is 1. The van der Waals surface area contributed by atoms with Crippen molar-refractivity contribution >= 4 is 0 Å². The lowest BCUT2D eigenvalue weighted by Crippen LogP contribution is -2.44. The standard InChI is InChI=1S/C17H28N2O/c1-3-19(12-13-20-4-2)16-11-7-9-14-8-5-6-10-15(14)17(16)18/h5-6,8,10,16-17H,3-4,7,9,11-13,18H2,1-2H3. The molecule has 3 nitrogen and oxygen atoms in total. The predicted octanol–water partition coefficient (Wildman–Crippen LogP) is 2.75. The number of rotatable bonds is 6. The van der Waals surface area contributed by atoms with Crippen molar-refractivity contribution in [3.05, 3.63) is 35.4 Å². The number of likely N-dealkylation sites (N-methyl/N-ethyl adjacent to an activating group) is 1. The number of hydrogen-bond donors (Lipinski definition) is 1. The van der Waals surface area contributed by atoms with Gasteiger partial charge in [-0.05, 0) is 43.9 Å². The number of fused-ring (bicyclic) bond motifs is 1. The molecule has 2 N–H and O–H groups in total. The van der Waals surface area contributed by atoms with E-state index in [0.717, 1.165) is 32.7 Å². The van der Waals surface area contributed by atoms with Gasteiger partial charge >= 0.3 is 0 Å². The fraction of sp³-hybridized carbons (Fsp3) is 0.647. The summed E-state index contributed by atoms with van der Waals surface area (Å²) in [5.74, 6) is 0. The van der Waals surface area contributed by atoms with Gasteiger partial charge in [0.25, 0.3) is 0 Å². The number of hydrogen-bond acceptors (Lipinski definition) is 3. The maximum Gasteiger partial charge on any atom is 0.0593 e. The molecule has 1 aromatic rings. The van der Waals surface area contributed by atoms with Crippen molar-refractivity contribution < 1.29 is 4.74 Å². The largest absolute Gasteiger partial charge is 0.380 e. The van der Waals surface area contributed by atoms with Crippen LogP contribution in [0.15, 0.2) is 24.3 Å². The minimum Gasteiger partial charge on any atom is -0.380 e. The Hall–Kier alpha value is -0.900. The molecule has 0 saturated carbocycles. The van der Waals surface area contributed by atoms with Crippen LogP contribution in [0.25, 0.3) is 0 Å². The Morgan fingerprint density at radius 1 is 1.30 bits per heavy atom. The van der Waals surface area contributed by atoms with Crippen LogP contribution in [0, 0.1) is 0 Å². The summed E-state index contributed by atoms with van der Waals surface area (Å²) in [6.07, 6.45) is 3.56. The third-order valence-electron chi connectivity index (χ3n) is 4.38. The molecule has 0 bridgehead atoms. The summed E-state index contributed by atoms with van der Waals surface area (Å²) < 4.78 is 5.51. The fourth-order valence-corrected chi connectivity index (χ4v) is 3.27. The van der Waals surface area contributed by atoms with Gasteiger partial charge in [0.2, 0.25) is 0 Å². The van der Waals surface area contributed by atoms with E-state index in [2.05, 4.69) is 36.1 Å². The van der Waals surface area contributed by atoms with E-state index in [1.807, 2.05) is 6.92 Å². The highest BCUT2D eigenvalue weighted by Gasteiger charge is 2.28. The molecule has 0 radical (unpaired) electrons. The van der Waals surface area contributed by atoms with Crippen LogP contribution in [0.5, 0.6) is 0 Å². The van der Waals surface area contributed by atoms with E-state index in [9.17, 15) is 0 Å². The van der Waals surface area contributed by atoms with Crippen molar-refractivity contribution in [1.29, 1.82) is 0 Å². The summed E-state index contributed by atoms with van der Waals surface area (Å²) in [5, 5.41) is 0. The normalized spacial score (nSPS) is 22.6.